The van der Waals surface area contributed by atoms with E-state index in [1.807, 2.05) is 37.3 Å². The molecule has 0 saturated heterocycles. The van der Waals surface area contributed by atoms with E-state index in [2.05, 4.69) is 53.1 Å². The molecule has 148 valence electrons. The van der Waals surface area contributed by atoms with Crippen molar-refractivity contribution < 1.29 is 4.42 Å². The normalized spacial score (nSPS) is 13.0. The molecule has 2 aromatic carbocycles. The van der Waals surface area contributed by atoms with E-state index in [0.29, 0.717) is 27.8 Å². The summed E-state index contributed by atoms with van der Waals surface area (Å²) in [5.41, 5.74) is 2.73. The monoisotopic (exact) mass is 406 g/mol. The van der Waals surface area contributed by atoms with Crippen LogP contribution < -0.4 is 5.56 Å². The second-order valence-electron chi connectivity index (χ2n) is 7.93. The number of H-pyrrole nitrogens is 1. The zero-order chi connectivity index (χ0) is 20.6. The number of benzene rings is 2. The molecule has 29 heavy (non-hydrogen) atoms. The summed E-state index contributed by atoms with van der Waals surface area (Å²) in [4.78, 5) is 19.7. The molecule has 0 radical (unpaired) electrons. The smallest absolute Gasteiger partial charge is 0.277 e. The topological polar surface area (TPSA) is 84.7 Å². The maximum absolute atomic E-state index is 12.3. The van der Waals surface area contributed by atoms with Crippen molar-refractivity contribution in [2.75, 3.05) is 0 Å². The van der Waals surface area contributed by atoms with E-state index in [-0.39, 0.29) is 16.2 Å². The van der Waals surface area contributed by atoms with E-state index >= 15 is 0 Å². The van der Waals surface area contributed by atoms with Crippen LogP contribution in [0.15, 0.2) is 63.0 Å². The van der Waals surface area contributed by atoms with Gasteiger partial charge in [-0.2, -0.15) is 0 Å². The summed E-state index contributed by atoms with van der Waals surface area (Å²) in [6.07, 6.45) is 0. The van der Waals surface area contributed by atoms with Crippen molar-refractivity contribution in [3.8, 4) is 11.5 Å². The highest BCUT2D eigenvalue weighted by atomic mass is 32.2. The molecule has 4 aromatic rings. The first-order chi connectivity index (χ1) is 13.8. The van der Waals surface area contributed by atoms with Crippen molar-refractivity contribution in [1.82, 2.24) is 20.2 Å². The Morgan fingerprint density at radius 1 is 1.03 bits per heavy atom. The summed E-state index contributed by atoms with van der Waals surface area (Å²) >= 11 is 1.36. The zero-order valence-electron chi connectivity index (χ0n) is 16.8. The van der Waals surface area contributed by atoms with E-state index in [1.165, 1.54) is 17.3 Å². The maximum Gasteiger partial charge on any atom is 0.277 e. The molecular weight excluding hydrogens is 384 g/mol. The third kappa shape index (κ3) is 4.10. The first kappa shape index (κ1) is 19.4. The number of thioether (sulfide) groups is 1. The van der Waals surface area contributed by atoms with Gasteiger partial charge in [0.25, 0.3) is 10.8 Å². The Kier molecular flexibility index (Phi) is 5.00. The van der Waals surface area contributed by atoms with Gasteiger partial charge in [0.2, 0.25) is 5.89 Å². The van der Waals surface area contributed by atoms with Crippen LogP contribution in [0.2, 0.25) is 0 Å². The Morgan fingerprint density at radius 2 is 1.76 bits per heavy atom. The van der Waals surface area contributed by atoms with Crippen molar-refractivity contribution in [2.24, 2.45) is 0 Å². The minimum atomic E-state index is -0.150. The molecule has 0 unspecified atom stereocenters. The third-order valence-electron chi connectivity index (χ3n) is 4.70. The number of para-hydroxylation sites is 1. The van der Waals surface area contributed by atoms with Gasteiger partial charge in [-0.3, -0.25) is 4.79 Å². The molecule has 1 N–H and O–H groups in total. The van der Waals surface area contributed by atoms with Crippen LogP contribution in [0.25, 0.3) is 22.4 Å². The fourth-order valence-corrected chi connectivity index (χ4v) is 3.73. The highest BCUT2D eigenvalue weighted by molar-refractivity contribution is 7.99. The first-order valence-electron chi connectivity index (χ1n) is 9.41. The summed E-state index contributed by atoms with van der Waals surface area (Å²) < 4.78 is 5.83. The van der Waals surface area contributed by atoms with Crippen LogP contribution in [0.5, 0.6) is 0 Å². The number of nitrogens with zero attached hydrogens (tertiary/aromatic N) is 3. The predicted octanol–water partition coefficient (Wildman–Crippen LogP) is 5.12. The van der Waals surface area contributed by atoms with Gasteiger partial charge < -0.3 is 9.40 Å². The van der Waals surface area contributed by atoms with E-state index in [4.69, 9.17) is 4.42 Å². The average molecular weight is 407 g/mol. The lowest BCUT2D eigenvalue weighted by Gasteiger charge is -2.18. The first-order valence-corrected chi connectivity index (χ1v) is 10.3. The highest BCUT2D eigenvalue weighted by Gasteiger charge is 2.18. The van der Waals surface area contributed by atoms with Gasteiger partial charge in [-0.25, -0.2) is 4.98 Å². The molecule has 0 saturated carbocycles. The number of aromatic nitrogens is 4. The van der Waals surface area contributed by atoms with Gasteiger partial charge >= 0.3 is 0 Å². The lowest BCUT2D eigenvalue weighted by Crippen LogP contribution is -2.12. The molecule has 2 aromatic heterocycles. The fraction of sp³-hybridized carbons (Fsp3) is 0.273. The van der Waals surface area contributed by atoms with Crippen LogP contribution in [0.3, 0.4) is 0 Å². The van der Waals surface area contributed by atoms with Crippen LogP contribution in [-0.4, -0.2) is 20.2 Å². The van der Waals surface area contributed by atoms with Gasteiger partial charge in [0.1, 0.15) is 5.82 Å². The van der Waals surface area contributed by atoms with Crippen molar-refractivity contribution in [3.63, 3.8) is 0 Å². The minimum Gasteiger partial charge on any atom is -0.411 e. The van der Waals surface area contributed by atoms with Crippen molar-refractivity contribution in [2.45, 2.75) is 43.6 Å². The van der Waals surface area contributed by atoms with Crippen molar-refractivity contribution >= 4 is 22.7 Å². The van der Waals surface area contributed by atoms with Gasteiger partial charge in [-0.15, -0.1) is 10.2 Å². The largest absolute Gasteiger partial charge is 0.411 e. The molecule has 0 amide bonds. The summed E-state index contributed by atoms with van der Waals surface area (Å²) in [6.45, 7) is 8.47. The summed E-state index contributed by atoms with van der Waals surface area (Å²) in [6, 6.07) is 15.4. The van der Waals surface area contributed by atoms with Gasteiger partial charge in [0.15, 0.2) is 0 Å². The minimum absolute atomic E-state index is 0.0909. The molecule has 0 fully saturated rings. The van der Waals surface area contributed by atoms with E-state index in [9.17, 15) is 4.79 Å². The average Bonchev–Trinajstić information content (AvgIpc) is 3.16. The Labute approximate surface area is 172 Å². The summed E-state index contributed by atoms with van der Waals surface area (Å²) in [5, 5.41) is 9.16. The standard InChI is InChI=1S/C22H22N4O2S/c1-13(18-23-17-8-6-5-7-16(17)19(27)24-18)29-21-26-25-20(28-21)14-9-11-15(12-10-14)22(2,3)4/h5-13H,1-4H3,(H,23,24,27)/t13-/m1/s1. The van der Waals surface area contributed by atoms with E-state index in [1.54, 1.807) is 6.07 Å². The lowest BCUT2D eigenvalue weighted by atomic mass is 9.87. The van der Waals surface area contributed by atoms with Crippen LogP contribution in [0.1, 0.15) is 44.3 Å². The number of rotatable bonds is 4. The Bertz CT molecular complexity index is 1210. The lowest BCUT2D eigenvalue weighted by molar-refractivity contribution is 0.464. The molecule has 2 heterocycles. The number of hydrogen-bond acceptors (Lipinski definition) is 6. The molecule has 7 heteroatoms. The SMILES string of the molecule is C[C@@H](Sc1nnc(-c2ccc(C(C)(C)C)cc2)o1)c1nc2ccccc2c(=O)[nH]1. The van der Waals surface area contributed by atoms with E-state index < -0.39 is 0 Å². The quantitative estimate of drug-likeness (QED) is 0.473. The Morgan fingerprint density at radius 3 is 2.48 bits per heavy atom. The summed E-state index contributed by atoms with van der Waals surface area (Å²) in [5.74, 6) is 1.05. The van der Waals surface area contributed by atoms with Gasteiger partial charge in [0, 0.05) is 5.56 Å². The van der Waals surface area contributed by atoms with Crippen LogP contribution in [-0.2, 0) is 5.41 Å². The molecule has 4 rings (SSSR count). The fourth-order valence-electron chi connectivity index (χ4n) is 2.99. The van der Waals surface area contributed by atoms with E-state index in [0.717, 1.165) is 5.56 Å². The number of nitrogens with one attached hydrogen (secondary N) is 1. The second kappa shape index (κ2) is 7.48. The molecule has 1 atom stereocenters. The Hall–Kier alpha value is -2.93. The van der Waals surface area contributed by atoms with Gasteiger partial charge in [-0.05, 0) is 42.2 Å². The molecule has 0 aliphatic rings. The summed E-state index contributed by atoms with van der Waals surface area (Å²) in [7, 11) is 0. The third-order valence-corrected chi connectivity index (χ3v) is 5.64. The number of hydrogen-bond donors (Lipinski definition) is 1. The Balaban J connectivity index is 1.54. The molecule has 0 aliphatic heterocycles. The van der Waals surface area contributed by atoms with Crippen LogP contribution >= 0.6 is 11.8 Å². The molecule has 0 bridgehead atoms. The van der Waals surface area contributed by atoms with Crippen molar-refractivity contribution in [1.29, 1.82) is 0 Å². The number of aromatic amines is 1. The number of fused-ring (bicyclic) bond motifs is 1. The van der Waals surface area contributed by atoms with Gasteiger partial charge in [0.05, 0.1) is 16.2 Å². The predicted molar refractivity (Wildman–Crippen MR) is 115 cm³/mol. The second-order valence-corrected chi connectivity index (χ2v) is 9.22. The zero-order valence-corrected chi connectivity index (χ0v) is 17.6. The highest BCUT2D eigenvalue weighted by Crippen LogP contribution is 2.34. The van der Waals surface area contributed by atoms with Crippen LogP contribution in [0.4, 0.5) is 0 Å². The van der Waals surface area contributed by atoms with Crippen molar-refractivity contribution in [3.05, 3.63) is 70.3 Å². The molecule has 6 nitrogen and oxygen atoms in total. The maximum atomic E-state index is 12.3. The van der Waals surface area contributed by atoms with Gasteiger partial charge in [-0.1, -0.05) is 56.8 Å². The molecule has 0 spiro atoms. The van der Waals surface area contributed by atoms with Crippen LogP contribution in [0, 0.1) is 0 Å². The molecule has 0 aliphatic carbocycles. The molecular formula is C22H22N4O2S.